The van der Waals surface area contributed by atoms with E-state index in [0.717, 1.165) is 0 Å². The quantitative estimate of drug-likeness (QED) is 0.499. The summed E-state index contributed by atoms with van der Waals surface area (Å²) in [7, 11) is 0. The third-order valence-corrected chi connectivity index (χ3v) is 5.15. The fourth-order valence-corrected chi connectivity index (χ4v) is 3.53. The zero-order valence-corrected chi connectivity index (χ0v) is 16.5. The van der Waals surface area contributed by atoms with Crippen molar-refractivity contribution in [1.82, 2.24) is 14.9 Å². The van der Waals surface area contributed by atoms with E-state index in [0.29, 0.717) is 34.3 Å². The highest BCUT2D eigenvalue weighted by Gasteiger charge is 2.20. The Morgan fingerprint density at radius 3 is 2.70 bits per heavy atom. The number of amides is 1. The first kappa shape index (κ1) is 19.2. The molecule has 7 heteroatoms. The molecule has 1 unspecified atom stereocenters. The lowest BCUT2D eigenvalue weighted by molar-refractivity contribution is -0.120. The summed E-state index contributed by atoms with van der Waals surface area (Å²) in [5.41, 5.74) is 0.477. The van der Waals surface area contributed by atoms with Crippen molar-refractivity contribution in [1.29, 1.82) is 0 Å². The Kier molecular flexibility index (Phi) is 6.01. The number of thioether (sulfide) groups is 1. The second-order valence-electron chi connectivity index (χ2n) is 6.78. The Morgan fingerprint density at radius 1 is 1.22 bits per heavy atom. The normalized spacial score (nSPS) is 12.4. The third kappa shape index (κ3) is 4.60. The molecule has 2 heterocycles. The van der Waals surface area contributed by atoms with Gasteiger partial charge in [0.15, 0.2) is 5.16 Å². The largest absolute Gasteiger partial charge is 0.467 e. The molecular formula is C20H23N3O3S. The van der Waals surface area contributed by atoms with Crippen molar-refractivity contribution in [3.8, 4) is 0 Å². The molecular weight excluding hydrogens is 362 g/mol. The Labute approximate surface area is 162 Å². The number of rotatable bonds is 7. The molecule has 0 bridgehead atoms. The number of aromatic nitrogens is 2. The van der Waals surface area contributed by atoms with Gasteiger partial charge in [0.1, 0.15) is 5.76 Å². The second kappa shape index (κ2) is 8.43. The number of carbonyl (C=O) groups is 1. The lowest BCUT2D eigenvalue weighted by atomic mass is 10.2. The monoisotopic (exact) mass is 385 g/mol. The Hall–Kier alpha value is -2.54. The average Bonchev–Trinajstić information content (AvgIpc) is 3.16. The Bertz CT molecular complexity index is 980. The summed E-state index contributed by atoms with van der Waals surface area (Å²) in [6.07, 6.45) is 1.57. The van der Waals surface area contributed by atoms with E-state index in [1.54, 1.807) is 23.0 Å². The molecule has 0 spiro atoms. The Balaban J connectivity index is 1.94. The highest BCUT2D eigenvalue weighted by Crippen LogP contribution is 2.23. The number of carbonyl (C=O) groups excluding carboxylic acids is 1. The number of hydrogen-bond acceptors (Lipinski definition) is 5. The second-order valence-corrected chi connectivity index (χ2v) is 8.09. The number of furan rings is 1. The molecule has 1 atom stereocenters. The van der Waals surface area contributed by atoms with Crippen molar-refractivity contribution in [3.63, 3.8) is 0 Å². The number of fused-ring (bicyclic) bond motifs is 1. The van der Waals surface area contributed by atoms with Crippen molar-refractivity contribution in [2.75, 3.05) is 6.54 Å². The van der Waals surface area contributed by atoms with Crippen LogP contribution in [-0.4, -0.2) is 27.3 Å². The van der Waals surface area contributed by atoms with Crippen LogP contribution in [-0.2, 0) is 11.3 Å². The van der Waals surface area contributed by atoms with Gasteiger partial charge in [0.2, 0.25) is 5.91 Å². The minimum Gasteiger partial charge on any atom is -0.467 e. The molecule has 0 aliphatic heterocycles. The molecule has 1 N–H and O–H groups in total. The third-order valence-electron chi connectivity index (χ3n) is 4.06. The van der Waals surface area contributed by atoms with Crippen LogP contribution in [0, 0.1) is 5.92 Å². The summed E-state index contributed by atoms with van der Waals surface area (Å²) >= 11 is 1.28. The molecule has 3 rings (SSSR count). The zero-order valence-electron chi connectivity index (χ0n) is 15.6. The van der Waals surface area contributed by atoms with Crippen LogP contribution >= 0.6 is 11.8 Å². The lowest BCUT2D eigenvalue weighted by Crippen LogP contribution is -2.34. The van der Waals surface area contributed by atoms with E-state index in [-0.39, 0.29) is 23.3 Å². The number of benzene rings is 1. The van der Waals surface area contributed by atoms with E-state index >= 15 is 0 Å². The van der Waals surface area contributed by atoms with Crippen molar-refractivity contribution in [2.45, 2.75) is 37.7 Å². The van der Waals surface area contributed by atoms with Crippen LogP contribution in [0.1, 0.15) is 26.5 Å². The van der Waals surface area contributed by atoms with Crippen molar-refractivity contribution in [3.05, 3.63) is 58.8 Å². The maximum absolute atomic E-state index is 13.0. The van der Waals surface area contributed by atoms with Gasteiger partial charge in [0, 0.05) is 6.54 Å². The van der Waals surface area contributed by atoms with Crippen LogP contribution in [0.15, 0.2) is 57.0 Å². The molecule has 27 heavy (non-hydrogen) atoms. The van der Waals surface area contributed by atoms with Crippen LogP contribution in [0.2, 0.25) is 0 Å². The molecule has 0 saturated carbocycles. The van der Waals surface area contributed by atoms with Gasteiger partial charge in [-0.25, -0.2) is 4.98 Å². The minimum atomic E-state index is -0.375. The molecule has 0 aliphatic rings. The van der Waals surface area contributed by atoms with Crippen LogP contribution < -0.4 is 10.9 Å². The fourth-order valence-electron chi connectivity index (χ4n) is 2.60. The highest BCUT2D eigenvalue weighted by molar-refractivity contribution is 8.00. The Morgan fingerprint density at radius 2 is 2.00 bits per heavy atom. The van der Waals surface area contributed by atoms with Gasteiger partial charge in [0.05, 0.1) is 29.0 Å². The van der Waals surface area contributed by atoms with E-state index in [1.807, 2.05) is 45.0 Å². The summed E-state index contributed by atoms with van der Waals surface area (Å²) in [4.78, 5) is 30.0. The van der Waals surface area contributed by atoms with Crippen LogP contribution in [0.25, 0.3) is 10.9 Å². The fraction of sp³-hybridized carbons (Fsp3) is 0.350. The molecule has 6 nitrogen and oxygen atoms in total. The van der Waals surface area contributed by atoms with Crippen LogP contribution in [0.5, 0.6) is 0 Å². The molecule has 0 radical (unpaired) electrons. The van der Waals surface area contributed by atoms with Crippen molar-refractivity contribution >= 4 is 28.6 Å². The van der Waals surface area contributed by atoms with E-state index in [4.69, 9.17) is 4.42 Å². The molecule has 2 aromatic heterocycles. The maximum atomic E-state index is 13.0. The molecule has 3 aromatic rings. The predicted molar refractivity (Wildman–Crippen MR) is 107 cm³/mol. The van der Waals surface area contributed by atoms with Gasteiger partial charge in [-0.15, -0.1) is 0 Å². The number of nitrogens with zero attached hydrogens (tertiary/aromatic N) is 2. The smallest absolute Gasteiger partial charge is 0.262 e. The van der Waals surface area contributed by atoms with Gasteiger partial charge in [0.25, 0.3) is 5.56 Å². The lowest BCUT2D eigenvalue weighted by Gasteiger charge is -2.16. The minimum absolute atomic E-state index is 0.0688. The summed E-state index contributed by atoms with van der Waals surface area (Å²) in [5.74, 6) is 0.968. The van der Waals surface area contributed by atoms with Gasteiger partial charge >= 0.3 is 0 Å². The van der Waals surface area contributed by atoms with E-state index in [2.05, 4.69) is 10.3 Å². The van der Waals surface area contributed by atoms with E-state index < -0.39 is 0 Å². The molecule has 142 valence electrons. The number of nitrogens with one attached hydrogen (secondary N) is 1. The first-order chi connectivity index (χ1) is 13.0. The predicted octanol–water partition coefficient (Wildman–Crippen LogP) is 3.29. The summed E-state index contributed by atoms with van der Waals surface area (Å²) in [6, 6.07) is 10.8. The summed E-state index contributed by atoms with van der Waals surface area (Å²) in [6.45, 7) is 6.80. The highest BCUT2D eigenvalue weighted by atomic mass is 32.2. The summed E-state index contributed by atoms with van der Waals surface area (Å²) in [5, 5.41) is 3.60. The van der Waals surface area contributed by atoms with Crippen molar-refractivity contribution < 1.29 is 9.21 Å². The van der Waals surface area contributed by atoms with Crippen LogP contribution in [0.3, 0.4) is 0 Å². The van der Waals surface area contributed by atoms with Gasteiger partial charge in [-0.3, -0.25) is 14.2 Å². The van der Waals surface area contributed by atoms with Crippen molar-refractivity contribution in [2.24, 2.45) is 5.92 Å². The molecule has 1 aromatic carbocycles. The van der Waals surface area contributed by atoms with Gasteiger partial charge < -0.3 is 9.73 Å². The number of hydrogen-bond donors (Lipinski definition) is 1. The van der Waals surface area contributed by atoms with E-state index in [1.165, 1.54) is 11.8 Å². The maximum Gasteiger partial charge on any atom is 0.262 e. The van der Waals surface area contributed by atoms with E-state index in [9.17, 15) is 9.59 Å². The van der Waals surface area contributed by atoms with Gasteiger partial charge in [-0.05, 0) is 37.1 Å². The molecule has 0 saturated heterocycles. The standard InChI is InChI=1S/C20H23N3O3S/c1-13(2)11-21-18(24)14(3)27-20-22-17-9-5-4-8-16(17)19(25)23(20)12-15-7-6-10-26-15/h4-10,13-14H,11-12H2,1-3H3,(H,21,24). The summed E-state index contributed by atoms with van der Waals surface area (Å²) < 4.78 is 6.97. The zero-order chi connectivity index (χ0) is 19.4. The van der Waals surface area contributed by atoms with Gasteiger partial charge in [-0.1, -0.05) is 37.7 Å². The number of para-hydroxylation sites is 1. The van der Waals surface area contributed by atoms with Crippen LogP contribution in [0.4, 0.5) is 0 Å². The SMILES string of the molecule is CC(C)CNC(=O)C(C)Sc1nc2ccccc2c(=O)n1Cc1ccco1. The first-order valence-electron chi connectivity index (χ1n) is 8.92. The molecule has 0 aliphatic carbocycles. The molecule has 0 fully saturated rings. The van der Waals surface area contributed by atoms with Gasteiger partial charge in [-0.2, -0.15) is 0 Å². The first-order valence-corrected chi connectivity index (χ1v) is 9.80. The average molecular weight is 385 g/mol. The topological polar surface area (TPSA) is 77.1 Å². The molecule has 1 amide bonds.